The largest absolute Gasteiger partial charge is 0.394 e. The quantitative estimate of drug-likeness (QED) is 0.0952. The lowest BCUT2D eigenvalue weighted by Gasteiger charge is -2.61. The second-order valence-electron chi connectivity index (χ2n) is 21.9. The Morgan fingerprint density at radius 1 is 0.727 bits per heavy atom. The van der Waals surface area contributed by atoms with Gasteiger partial charge < -0.3 is 79.7 Å². The Balaban J connectivity index is 0.942. The highest BCUT2D eigenvalue weighted by Crippen LogP contribution is 2.68. The van der Waals surface area contributed by atoms with Crippen molar-refractivity contribution in [3.63, 3.8) is 0 Å². The average Bonchev–Trinajstić information content (AvgIpc) is 3.56. The molecule has 7 rings (SSSR count). The summed E-state index contributed by atoms with van der Waals surface area (Å²) in [5, 5.41) is 100. The molecular weight excluding hydrogens is 863 g/mol. The van der Waals surface area contributed by atoms with Crippen molar-refractivity contribution >= 4 is 11.7 Å². The van der Waals surface area contributed by atoms with Crippen molar-refractivity contribution in [2.45, 2.75) is 217 Å². The van der Waals surface area contributed by atoms with E-state index in [2.05, 4.69) is 26.1 Å². The molecule has 0 aromatic rings. The number of hydrogen-bond donors (Lipinski definition) is 10. The maximum Gasteiger partial charge on any atom is 0.219 e. The van der Waals surface area contributed by atoms with Crippen molar-refractivity contribution in [3.8, 4) is 0 Å². The average molecular weight is 944 g/mol. The SMILES string of the molecule is CCCC(=O)NC[C@H](C)CCC(=O)[C@@H](C)[C@H]1[C@H](O)C[C@H]2[C@@H]3CC[C@H]4C[C@@H](O[C@@H]5O[C@H](CO)[C@@H](O[C@@H]6O[C@@H](C)[C@H](O)[C@@H](O)[C@H]6O[C@@H]6OC[C@@H](O)[C@H](O)[C@H]6O)[C@@H](O)[C@H]5O)CC[C@]4(C)[C@H]3CC[C@]12C. The zero-order valence-electron chi connectivity index (χ0n) is 39.7. The van der Waals surface area contributed by atoms with Gasteiger partial charge in [-0.1, -0.05) is 34.6 Å². The minimum absolute atomic E-state index is 0.0277. The number of ketones is 1. The van der Waals surface area contributed by atoms with Gasteiger partial charge in [-0.15, -0.1) is 0 Å². The van der Waals surface area contributed by atoms with Crippen LogP contribution >= 0.6 is 0 Å². The predicted octanol–water partition coefficient (Wildman–Crippen LogP) is 0.654. The van der Waals surface area contributed by atoms with Crippen LogP contribution in [0.3, 0.4) is 0 Å². The summed E-state index contributed by atoms with van der Waals surface area (Å²) in [6.07, 6.45) is -12.3. The van der Waals surface area contributed by atoms with Gasteiger partial charge in [0.15, 0.2) is 18.9 Å². The van der Waals surface area contributed by atoms with Crippen LogP contribution in [0.2, 0.25) is 0 Å². The minimum atomic E-state index is -1.73. The van der Waals surface area contributed by atoms with E-state index in [1.807, 2.05) is 13.8 Å². The topological polar surface area (TPSA) is 284 Å². The van der Waals surface area contributed by atoms with Crippen molar-refractivity contribution in [2.24, 2.45) is 52.3 Å². The number of ether oxygens (including phenoxy) is 6. The molecule has 0 aromatic carbocycles. The lowest BCUT2D eigenvalue weighted by molar-refractivity contribution is -0.383. The van der Waals surface area contributed by atoms with Crippen molar-refractivity contribution in [2.75, 3.05) is 19.8 Å². The molecule has 25 atom stereocenters. The number of rotatable bonds is 16. The van der Waals surface area contributed by atoms with Crippen molar-refractivity contribution in [1.82, 2.24) is 5.32 Å². The van der Waals surface area contributed by atoms with Crippen LogP contribution in [-0.2, 0) is 38.0 Å². The molecule has 7 aliphatic rings. The maximum atomic E-state index is 13.7. The fraction of sp³-hybridized carbons (Fsp3) is 0.958. The van der Waals surface area contributed by atoms with Crippen molar-refractivity contribution in [1.29, 1.82) is 0 Å². The zero-order chi connectivity index (χ0) is 48.0. The fourth-order valence-electron chi connectivity index (χ4n) is 13.8. The highest BCUT2D eigenvalue weighted by Gasteiger charge is 2.64. The molecule has 7 fully saturated rings. The van der Waals surface area contributed by atoms with Crippen molar-refractivity contribution in [3.05, 3.63) is 0 Å². The molecule has 1 amide bonds. The smallest absolute Gasteiger partial charge is 0.219 e. The second-order valence-corrected chi connectivity index (χ2v) is 21.9. The number of nitrogens with one attached hydrogen (secondary N) is 1. The second kappa shape index (κ2) is 21.5. The Bertz CT molecular complexity index is 1630. The van der Waals surface area contributed by atoms with Crippen LogP contribution in [0.5, 0.6) is 0 Å². The van der Waals surface area contributed by atoms with Gasteiger partial charge in [-0.05, 0) is 117 Å². The number of carbonyl (C=O) groups excluding carboxylic acids is 2. The third kappa shape index (κ3) is 10.3. The van der Waals surface area contributed by atoms with Crippen LogP contribution in [0.4, 0.5) is 0 Å². The van der Waals surface area contributed by atoms with Crippen molar-refractivity contribution < 1.29 is 84.0 Å². The first-order chi connectivity index (χ1) is 31.2. The van der Waals surface area contributed by atoms with E-state index in [1.165, 1.54) is 6.92 Å². The molecule has 3 heterocycles. The molecule has 3 saturated heterocycles. The molecule has 3 aliphatic heterocycles. The summed E-state index contributed by atoms with van der Waals surface area (Å²) in [4.78, 5) is 25.7. The summed E-state index contributed by atoms with van der Waals surface area (Å²) < 4.78 is 35.5. The van der Waals surface area contributed by atoms with Gasteiger partial charge in [0.1, 0.15) is 66.8 Å². The Hall–Kier alpha value is -1.46. The van der Waals surface area contributed by atoms with Gasteiger partial charge in [0.2, 0.25) is 5.91 Å². The van der Waals surface area contributed by atoms with Gasteiger partial charge in [0.25, 0.3) is 0 Å². The van der Waals surface area contributed by atoms with E-state index in [-0.39, 0.29) is 46.4 Å². The standard InChI is InChI=1S/C48H81NO17/c1-7-8-34(54)49-19-22(2)9-12-30(51)23(3)35-31(52)18-29-27-11-10-25-17-26(13-15-47(25,5)28(27)14-16-48(29,35)6)63-45-41(60)39(58)42(33(20-50)64-45)65-46-43(38(57)36(55)24(4)62-46)66-44-40(59)37(56)32(53)21-61-44/h22-29,31-33,35-46,50,52-53,55-60H,7-21H2,1-6H3,(H,49,54)/t22-,23-,24+,25+,26+,27-,28+,29+,31-,32-,33-,35+,36+,37+,38-,39+,40-,41-,42-,43-,44+,45-,46+,47+,48+/m1/s1. The molecule has 4 saturated carbocycles. The Labute approximate surface area is 389 Å². The number of Topliss-reactive ketones (excluding diaryl/α,β-unsaturated/α-hetero) is 1. The normalized spacial score (nSPS) is 49.2. The molecule has 0 bridgehead atoms. The van der Waals surface area contributed by atoms with Gasteiger partial charge in [-0.2, -0.15) is 0 Å². The molecule has 380 valence electrons. The van der Waals surface area contributed by atoms with Gasteiger partial charge in [0.05, 0.1) is 31.5 Å². The third-order valence-corrected chi connectivity index (χ3v) is 17.8. The van der Waals surface area contributed by atoms with Crippen LogP contribution in [0.1, 0.15) is 119 Å². The Morgan fingerprint density at radius 2 is 1.41 bits per heavy atom. The molecular formula is C48H81NO17. The van der Waals surface area contributed by atoms with Crippen LogP contribution in [-0.4, -0.2) is 176 Å². The van der Waals surface area contributed by atoms with Crippen LogP contribution in [0.15, 0.2) is 0 Å². The van der Waals surface area contributed by atoms with Crippen LogP contribution in [0, 0.1) is 52.3 Å². The summed E-state index contributed by atoms with van der Waals surface area (Å²) in [5.41, 5.74) is -0.115. The molecule has 0 radical (unpaired) electrons. The molecule has 0 aromatic heterocycles. The molecule has 18 nitrogen and oxygen atoms in total. The third-order valence-electron chi connectivity index (χ3n) is 17.8. The van der Waals surface area contributed by atoms with E-state index in [9.17, 15) is 55.5 Å². The summed E-state index contributed by atoms with van der Waals surface area (Å²) in [5.74, 6) is 1.60. The lowest BCUT2D eigenvalue weighted by Crippen LogP contribution is -2.66. The number of aliphatic hydroxyl groups is 9. The van der Waals surface area contributed by atoms with Gasteiger partial charge >= 0.3 is 0 Å². The summed E-state index contributed by atoms with van der Waals surface area (Å²) in [7, 11) is 0. The van der Waals surface area contributed by atoms with Crippen LogP contribution < -0.4 is 5.32 Å². The molecule has 10 N–H and O–H groups in total. The Kier molecular flexibility index (Phi) is 17.1. The number of fused-ring (bicyclic) bond motifs is 5. The fourth-order valence-corrected chi connectivity index (χ4v) is 13.8. The van der Waals surface area contributed by atoms with Gasteiger partial charge in [0, 0.05) is 25.3 Å². The van der Waals surface area contributed by atoms with Crippen LogP contribution in [0.25, 0.3) is 0 Å². The first-order valence-corrected chi connectivity index (χ1v) is 25.0. The van der Waals surface area contributed by atoms with E-state index >= 15 is 0 Å². The zero-order valence-corrected chi connectivity index (χ0v) is 39.7. The first-order valence-electron chi connectivity index (χ1n) is 25.0. The summed E-state index contributed by atoms with van der Waals surface area (Å²) >= 11 is 0. The molecule has 66 heavy (non-hydrogen) atoms. The highest BCUT2D eigenvalue weighted by atomic mass is 16.8. The summed E-state index contributed by atoms with van der Waals surface area (Å²) in [6.45, 7) is 11.8. The highest BCUT2D eigenvalue weighted by molar-refractivity contribution is 5.81. The van der Waals surface area contributed by atoms with E-state index < -0.39 is 105 Å². The molecule has 4 aliphatic carbocycles. The van der Waals surface area contributed by atoms with E-state index in [4.69, 9.17) is 28.4 Å². The number of amides is 1. The van der Waals surface area contributed by atoms with E-state index in [0.29, 0.717) is 62.3 Å². The Morgan fingerprint density at radius 3 is 2.12 bits per heavy atom. The number of aliphatic hydroxyl groups excluding tert-OH is 9. The molecule has 18 heteroatoms. The maximum absolute atomic E-state index is 13.7. The lowest BCUT2D eigenvalue weighted by atomic mass is 9.44. The number of hydrogen-bond acceptors (Lipinski definition) is 17. The summed E-state index contributed by atoms with van der Waals surface area (Å²) in [6, 6.07) is 0. The molecule has 0 unspecified atom stereocenters. The van der Waals surface area contributed by atoms with Gasteiger partial charge in [-0.25, -0.2) is 0 Å². The number of carbonyl (C=O) groups is 2. The first kappa shape index (κ1) is 52.4. The van der Waals surface area contributed by atoms with E-state index in [1.54, 1.807) is 0 Å². The van der Waals surface area contributed by atoms with Gasteiger partial charge in [-0.3, -0.25) is 9.59 Å². The monoisotopic (exact) mass is 944 g/mol. The molecule has 0 spiro atoms. The van der Waals surface area contributed by atoms with E-state index in [0.717, 1.165) is 44.9 Å². The predicted molar refractivity (Wildman–Crippen MR) is 234 cm³/mol. The minimum Gasteiger partial charge on any atom is -0.394 e.